The van der Waals surface area contributed by atoms with Gasteiger partial charge in [0.15, 0.2) is 28.6 Å². The first-order valence-corrected chi connectivity index (χ1v) is 25.9. The Labute approximate surface area is 447 Å². The molecule has 0 aliphatic carbocycles. The number of aliphatic hydroxyl groups excluding tert-OH is 1. The molecule has 4 aromatic rings. The lowest BCUT2D eigenvalue weighted by Gasteiger charge is -2.27. The molecular formula is C55H72N8O14. The summed E-state index contributed by atoms with van der Waals surface area (Å²) in [5.74, 6) is -4.56. The second kappa shape index (κ2) is 26.8. The first-order valence-electron chi connectivity index (χ1n) is 25.9. The van der Waals surface area contributed by atoms with Gasteiger partial charge in [-0.05, 0) is 49.1 Å². The number of rotatable bonds is 31. The van der Waals surface area contributed by atoms with E-state index in [1.807, 2.05) is 41.5 Å². The van der Waals surface area contributed by atoms with Crippen molar-refractivity contribution in [2.45, 2.75) is 140 Å². The van der Waals surface area contributed by atoms with Gasteiger partial charge >= 0.3 is 0 Å². The number of carbonyl (C=O) groups excluding carboxylic acids is 8. The maximum Gasteiger partial charge on any atom is 0.274 e. The fraction of sp³-hybridized carbons (Fsp3) is 0.527. The van der Waals surface area contributed by atoms with E-state index in [-0.39, 0.29) is 92.6 Å². The Bertz CT molecular complexity index is 2680. The van der Waals surface area contributed by atoms with Crippen molar-refractivity contribution in [3.63, 3.8) is 0 Å². The third-order valence-corrected chi connectivity index (χ3v) is 13.2. The van der Waals surface area contributed by atoms with Gasteiger partial charge in [-0.2, -0.15) is 0 Å². The fourth-order valence-electron chi connectivity index (χ4n) is 8.59. The highest BCUT2D eigenvalue weighted by molar-refractivity contribution is 6.01. The summed E-state index contributed by atoms with van der Waals surface area (Å²) in [6.07, 6.45) is 0.749. The number of aliphatic hydroxyl groups is 1. The molecule has 4 heterocycles. The van der Waals surface area contributed by atoms with Gasteiger partial charge in [-0.3, -0.25) is 38.4 Å². The van der Waals surface area contributed by atoms with Gasteiger partial charge in [0.2, 0.25) is 23.6 Å². The Kier molecular flexibility index (Phi) is 20.5. The summed E-state index contributed by atoms with van der Waals surface area (Å²) in [5, 5.41) is 34.1. The molecule has 0 bridgehead atoms. The molecule has 0 spiro atoms. The minimum atomic E-state index is -1.54. The van der Waals surface area contributed by atoms with Crippen molar-refractivity contribution < 1.29 is 66.7 Å². The number of aryl methyl sites for hydroxylation is 1. The number of nitrogens with zero attached hydrogens (tertiary/aromatic N) is 2. The zero-order valence-electron chi connectivity index (χ0n) is 44.8. The number of epoxide rings is 2. The van der Waals surface area contributed by atoms with Gasteiger partial charge in [-0.15, -0.1) is 0 Å². The van der Waals surface area contributed by atoms with Gasteiger partial charge in [0, 0.05) is 44.4 Å². The second-order valence-corrected chi connectivity index (χ2v) is 21.1. The number of amides is 6. The van der Waals surface area contributed by atoms with E-state index in [0.717, 1.165) is 0 Å². The Balaban J connectivity index is 1.09. The van der Waals surface area contributed by atoms with E-state index in [2.05, 4.69) is 42.2 Å². The number of carbonyl (C=O) groups is 8. The highest BCUT2D eigenvalue weighted by Gasteiger charge is 2.54. The molecule has 8 unspecified atom stereocenters. The molecule has 6 amide bonds. The summed E-state index contributed by atoms with van der Waals surface area (Å²) in [7, 11) is 1.36. The predicted molar refractivity (Wildman–Crippen MR) is 277 cm³/mol. The fourth-order valence-corrected chi connectivity index (χ4v) is 8.59. The summed E-state index contributed by atoms with van der Waals surface area (Å²) < 4.78 is 27.1. The molecule has 22 heteroatoms. The van der Waals surface area contributed by atoms with Crippen LogP contribution in [0.5, 0.6) is 0 Å². The summed E-state index contributed by atoms with van der Waals surface area (Å²) in [6.45, 7) is 12.2. The average Bonchev–Trinajstić information content (AvgIpc) is 4.24. The van der Waals surface area contributed by atoms with Crippen LogP contribution >= 0.6 is 0 Å². The minimum Gasteiger partial charge on any atom is -0.394 e. The first-order chi connectivity index (χ1) is 36.6. The van der Waals surface area contributed by atoms with Crippen LogP contribution in [0.25, 0.3) is 0 Å². The second-order valence-electron chi connectivity index (χ2n) is 21.1. The van der Waals surface area contributed by atoms with Gasteiger partial charge in [-0.25, -0.2) is 0 Å². The van der Waals surface area contributed by atoms with Gasteiger partial charge in [0.25, 0.3) is 11.8 Å². The molecule has 0 saturated carbocycles. The van der Waals surface area contributed by atoms with Crippen LogP contribution in [0.15, 0.2) is 81.8 Å². The average molecular weight is 1070 g/mol. The maximum atomic E-state index is 14.4. The highest BCUT2D eigenvalue weighted by atomic mass is 16.6. The number of hydrogen-bond acceptors (Lipinski definition) is 16. The van der Waals surface area contributed by atoms with E-state index >= 15 is 0 Å². The molecule has 22 nitrogen and oxygen atoms in total. The first kappa shape index (κ1) is 59.1. The molecule has 0 radical (unpaired) electrons. The highest BCUT2D eigenvalue weighted by Crippen LogP contribution is 2.36. The zero-order chi connectivity index (χ0) is 56.0. The number of Topliss-reactive ketones (excluding diaryl/α,β-unsaturated/α-hetero) is 2. The Morgan fingerprint density at radius 2 is 1.05 bits per heavy atom. The van der Waals surface area contributed by atoms with E-state index in [9.17, 15) is 43.5 Å². The number of hydrogen-bond donors (Lipinski definition) is 7. The van der Waals surface area contributed by atoms with Gasteiger partial charge in [0.05, 0.1) is 38.5 Å². The molecule has 2 fully saturated rings. The van der Waals surface area contributed by atoms with E-state index in [1.54, 1.807) is 67.6 Å². The summed E-state index contributed by atoms with van der Waals surface area (Å²) >= 11 is 0. The summed E-state index contributed by atoms with van der Waals surface area (Å²) in [4.78, 5) is 110. The van der Waals surface area contributed by atoms with Crippen LogP contribution in [0.2, 0.25) is 0 Å². The van der Waals surface area contributed by atoms with Crippen LogP contribution in [-0.2, 0) is 62.2 Å². The molecule has 2 aliphatic rings. The minimum absolute atomic E-state index is 0.0304. The Morgan fingerprint density at radius 1 is 0.597 bits per heavy atom. The van der Waals surface area contributed by atoms with E-state index < -0.39 is 95.3 Å². The van der Waals surface area contributed by atoms with Crippen molar-refractivity contribution in [3.05, 3.63) is 107 Å². The topological polar surface area (TPSA) is 315 Å². The Morgan fingerprint density at radius 3 is 1.51 bits per heavy atom. The number of ketones is 2. The third-order valence-electron chi connectivity index (χ3n) is 13.2. The lowest BCUT2D eigenvalue weighted by molar-refractivity contribution is -0.134. The lowest BCUT2D eigenvalue weighted by atomic mass is 9.89. The van der Waals surface area contributed by atoms with Crippen LogP contribution < -0.4 is 31.9 Å². The quantitative estimate of drug-likeness (QED) is 0.0356. The predicted octanol–water partition coefficient (Wildman–Crippen LogP) is 2.47. The van der Waals surface area contributed by atoms with Crippen LogP contribution in [0.1, 0.15) is 117 Å². The molecule has 77 heavy (non-hydrogen) atoms. The van der Waals surface area contributed by atoms with Crippen LogP contribution in [0.3, 0.4) is 0 Å². The van der Waals surface area contributed by atoms with Crippen LogP contribution in [-0.4, -0.2) is 143 Å². The van der Waals surface area contributed by atoms with Crippen molar-refractivity contribution in [1.82, 2.24) is 42.2 Å². The van der Waals surface area contributed by atoms with E-state index in [0.29, 0.717) is 23.3 Å². The molecule has 2 aromatic heterocycles. The van der Waals surface area contributed by atoms with Gasteiger partial charge in [-0.1, -0.05) is 113 Å². The molecule has 2 aliphatic heterocycles. The van der Waals surface area contributed by atoms with Crippen molar-refractivity contribution in [2.24, 2.45) is 11.8 Å². The maximum absolute atomic E-state index is 14.4. The standard InChI is InChI=1S/C55H72N8O14/c1-31(2)21-37(46(65)54(7)29-74-54)56-48(67)39(23-34-15-11-9-12-16-34)58-52(71)43(27-64)60-50(69)41-25-36(76-62-41)19-20-55(30-75-55)47(66)38(22-32(3)4)57-49(68)40(24-35-17-13-10-14-18-35)59-53(72)44(28-73-8)61-51(70)42-26-45(33(5)6)77-63-42/h9-18,25-26,31-33,37-40,43-44,64H,19-24,27-30H2,1-8H3,(H,56,67)(H,57,68)(H,58,71)(H,59,72)(H,60,69)(H,61,70). The van der Waals surface area contributed by atoms with Gasteiger partial charge in [0.1, 0.15) is 41.3 Å². The molecular weight excluding hydrogens is 997 g/mol. The van der Waals surface area contributed by atoms with Crippen molar-refractivity contribution in [1.29, 1.82) is 0 Å². The number of nitrogens with one attached hydrogen (secondary N) is 6. The number of ether oxygens (including phenoxy) is 3. The lowest BCUT2D eigenvalue weighted by Crippen LogP contribution is -2.58. The smallest absolute Gasteiger partial charge is 0.274 e. The Hall–Kier alpha value is -7.14. The molecule has 2 saturated heterocycles. The van der Waals surface area contributed by atoms with Crippen molar-refractivity contribution >= 4 is 47.0 Å². The van der Waals surface area contributed by atoms with Crippen molar-refractivity contribution in [3.8, 4) is 0 Å². The number of aromatic nitrogens is 2. The molecule has 416 valence electrons. The van der Waals surface area contributed by atoms with E-state index in [1.165, 1.54) is 19.2 Å². The summed E-state index contributed by atoms with van der Waals surface area (Å²) in [5.41, 5.74) is -1.21. The number of methoxy groups -OCH3 is 1. The van der Waals surface area contributed by atoms with Crippen LogP contribution in [0, 0.1) is 11.8 Å². The van der Waals surface area contributed by atoms with Crippen LogP contribution in [0.4, 0.5) is 0 Å². The molecule has 6 rings (SSSR count). The normalized spacial score (nSPS) is 19.0. The summed E-state index contributed by atoms with van der Waals surface area (Å²) in [6, 6.07) is 13.5. The van der Waals surface area contributed by atoms with Gasteiger partial charge < -0.3 is 60.3 Å². The monoisotopic (exact) mass is 1070 g/mol. The van der Waals surface area contributed by atoms with Crippen molar-refractivity contribution in [2.75, 3.05) is 33.5 Å². The third kappa shape index (κ3) is 16.7. The molecule has 8 atom stereocenters. The zero-order valence-corrected chi connectivity index (χ0v) is 44.8. The molecule has 2 aromatic carbocycles. The SMILES string of the molecule is COCC(NC(=O)c1cc(C(C)C)on1)C(=O)NC(Cc1ccccc1)C(=O)NC(CC(C)C)C(=O)C1(CCc2cc(C(=O)NC(CO)C(=O)NC(Cc3ccccc3)C(=O)NC(CC(C)C)C(=O)C3(C)CO3)no2)CO1. The largest absolute Gasteiger partial charge is 0.394 e. The van der Waals surface area contributed by atoms with E-state index in [4.69, 9.17) is 23.3 Å². The molecule has 7 N–H and O–H groups in total. The number of benzene rings is 2.